The van der Waals surface area contributed by atoms with Crippen LogP contribution >= 0.6 is 0 Å². The van der Waals surface area contributed by atoms with Crippen LogP contribution < -0.4 is 0 Å². The summed E-state index contributed by atoms with van der Waals surface area (Å²) in [6.45, 7) is 2.83. The van der Waals surface area contributed by atoms with Gasteiger partial charge in [-0.05, 0) is 49.6 Å². The number of carbonyl (C=O) groups is 1. The molecule has 1 spiro atoms. The van der Waals surface area contributed by atoms with Gasteiger partial charge in [-0.15, -0.1) is 0 Å². The van der Waals surface area contributed by atoms with Crippen molar-refractivity contribution in [2.45, 2.75) is 32.4 Å². The van der Waals surface area contributed by atoms with Gasteiger partial charge in [0.15, 0.2) is 11.6 Å². The Kier molecular flexibility index (Phi) is 5.06. The molecule has 2 saturated heterocycles. The molecule has 4 rings (SSSR count). The van der Waals surface area contributed by atoms with E-state index in [0.29, 0.717) is 19.6 Å². The van der Waals surface area contributed by atoms with E-state index in [4.69, 9.17) is 0 Å². The van der Waals surface area contributed by atoms with Crippen LogP contribution in [0.5, 0.6) is 5.75 Å². The fourth-order valence-corrected chi connectivity index (χ4v) is 4.56. The Morgan fingerprint density at radius 3 is 2.68 bits per heavy atom. The first kappa shape index (κ1) is 18.9. The Labute approximate surface area is 163 Å². The molecule has 28 heavy (non-hydrogen) atoms. The fourth-order valence-electron chi connectivity index (χ4n) is 4.56. The van der Waals surface area contributed by atoms with Crippen LogP contribution in [-0.2, 0) is 17.9 Å². The van der Waals surface area contributed by atoms with Crippen molar-refractivity contribution in [2.24, 2.45) is 5.41 Å². The smallest absolute Gasteiger partial charge is 0.230 e. The summed E-state index contributed by atoms with van der Waals surface area (Å²) < 4.78 is 27.6. The number of rotatable bonds is 4. The SMILES string of the molecule is O=C1N(Cc2cccc(F)c2F)CCCC12CCN(Cc1cccc(O)c1)C2. The van der Waals surface area contributed by atoms with Gasteiger partial charge in [-0.25, -0.2) is 8.78 Å². The summed E-state index contributed by atoms with van der Waals surface area (Å²) in [6.07, 6.45) is 2.46. The maximum Gasteiger partial charge on any atom is 0.230 e. The minimum atomic E-state index is -0.880. The Morgan fingerprint density at radius 2 is 1.86 bits per heavy atom. The summed E-state index contributed by atoms with van der Waals surface area (Å²) in [5.41, 5.74) is 0.790. The van der Waals surface area contributed by atoms with Crippen LogP contribution in [0.15, 0.2) is 42.5 Å². The van der Waals surface area contributed by atoms with Gasteiger partial charge in [0, 0.05) is 31.7 Å². The van der Waals surface area contributed by atoms with E-state index < -0.39 is 17.0 Å². The molecule has 148 valence electrons. The van der Waals surface area contributed by atoms with E-state index in [-0.39, 0.29) is 23.8 Å². The summed E-state index contributed by atoms with van der Waals surface area (Å²) in [4.78, 5) is 17.2. The van der Waals surface area contributed by atoms with Crippen LogP contribution in [0.3, 0.4) is 0 Å². The minimum Gasteiger partial charge on any atom is -0.508 e. The van der Waals surface area contributed by atoms with E-state index in [0.717, 1.165) is 37.4 Å². The number of piperidine rings is 1. The quantitative estimate of drug-likeness (QED) is 0.872. The second kappa shape index (κ2) is 7.51. The minimum absolute atomic E-state index is 0.0424. The Hall–Kier alpha value is -2.47. The predicted molar refractivity (Wildman–Crippen MR) is 101 cm³/mol. The maximum atomic E-state index is 14.0. The van der Waals surface area contributed by atoms with Gasteiger partial charge in [-0.1, -0.05) is 24.3 Å². The first-order chi connectivity index (χ1) is 13.5. The van der Waals surface area contributed by atoms with Crippen LogP contribution in [-0.4, -0.2) is 40.4 Å². The fraction of sp³-hybridized carbons (Fsp3) is 0.409. The molecule has 0 saturated carbocycles. The van der Waals surface area contributed by atoms with Gasteiger partial charge in [0.25, 0.3) is 0 Å². The summed E-state index contributed by atoms with van der Waals surface area (Å²) in [5.74, 6) is -1.47. The molecule has 1 unspecified atom stereocenters. The van der Waals surface area contributed by atoms with Gasteiger partial charge in [0.1, 0.15) is 5.75 Å². The van der Waals surface area contributed by atoms with E-state index >= 15 is 0 Å². The van der Waals surface area contributed by atoms with E-state index in [9.17, 15) is 18.7 Å². The van der Waals surface area contributed by atoms with Crippen molar-refractivity contribution in [3.63, 3.8) is 0 Å². The second-order valence-corrected chi connectivity index (χ2v) is 7.95. The highest BCUT2D eigenvalue weighted by atomic mass is 19.2. The molecule has 0 radical (unpaired) electrons. The average Bonchev–Trinajstić information content (AvgIpc) is 3.06. The molecule has 2 heterocycles. The first-order valence-electron chi connectivity index (χ1n) is 9.69. The lowest BCUT2D eigenvalue weighted by molar-refractivity contribution is -0.146. The molecule has 1 N–H and O–H groups in total. The topological polar surface area (TPSA) is 43.8 Å². The number of halogens is 2. The zero-order valence-corrected chi connectivity index (χ0v) is 15.7. The average molecular weight is 386 g/mol. The lowest BCUT2D eigenvalue weighted by atomic mass is 9.78. The van der Waals surface area contributed by atoms with Crippen LogP contribution in [0.2, 0.25) is 0 Å². The highest BCUT2D eigenvalue weighted by Gasteiger charge is 2.48. The van der Waals surface area contributed by atoms with Gasteiger partial charge in [-0.2, -0.15) is 0 Å². The maximum absolute atomic E-state index is 14.0. The molecule has 0 aliphatic carbocycles. The molecule has 0 aromatic heterocycles. The Morgan fingerprint density at radius 1 is 1.04 bits per heavy atom. The number of benzene rings is 2. The summed E-state index contributed by atoms with van der Waals surface area (Å²) in [7, 11) is 0. The van der Waals surface area contributed by atoms with Gasteiger partial charge in [0.05, 0.1) is 5.41 Å². The summed E-state index contributed by atoms with van der Waals surface area (Å²) in [6, 6.07) is 11.3. The van der Waals surface area contributed by atoms with Crippen LogP contribution in [0, 0.1) is 17.0 Å². The third kappa shape index (κ3) is 3.61. The molecule has 2 aliphatic rings. The summed E-state index contributed by atoms with van der Waals surface area (Å²) >= 11 is 0. The molecule has 1 amide bonds. The highest BCUT2D eigenvalue weighted by Crippen LogP contribution is 2.41. The predicted octanol–water partition coefficient (Wildman–Crippen LogP) is 3.69. The van der Waals surface area contributed by atoms with Crippen LogP contribution in [0.25, 0.3) is 0 Å². The molecule has 2 fully saturated rings. The highest BCUT2D eigenvalue weighted by molar-refractivity contribution is 5.84. The van der Waals surface area contributed by atoms with Crippen LogP contribution in [0.1, 0.15) is 30.4 Å². The number of hydrogen-bond acceptors (Lipinski definition) is 3. The molecule has 0 bridgehead atoms. The van der Waals surface area contributed by atoms with E-state index in [1.165, 1.54) is 12.1 Å². The monoisotopic (exact) mass is 386 g/mol. The van der Waals surface area contributed by atoms with E-state index in [1.54, 1.807) is 17.0 Å². The number of hydrogen-bond donors (Lipinski definition) is 1. The molecule has 2 aliphatic heterocycles. The van der Waals surface area contributed by atoms with Crippen molar-refractivity contribution in [3.05, 3.63) is 65.2 Å². The molecular formula is C22H24F2N2O2. The van der Waals surface area contributed by atoms with Gasteiger partial charge in [0.2, 0.25) is 5.91 Å². The Bertz CT molecular complexity index is 889. The third-order valence-electron chi connectivity index (χ3n) is 5.97. The number of carbonyl (C=O) groups excluding carboxylic acids is 1. The van der Waals surface area contributed by atoms with E-state index in [1.807, 2.05) is 12.1 Å². The lowest BCUT2D eigenvalue weighted by Crippen LogP contribution is -2.49. The van der Waals surface area contributed by atoms with Gasteiger partial charge >= 0.3 is 0 Å². The number of amides is 1. The van der Waals surface area contributed by atoms with Crippen molar-refractivity contribution in [1.29, 1.82) is 0 Å². The van der Waals surface area contributed by atoms with Crippen molar-refractivity contribution in [3.8, 4) is 5.75 Å². The molecular weight excluding hydrogens is 362 g/mol. The van der Waals surface area contributed by atoms with Crippen molar-refractivity contribution >= 4 is 5.91 Å². The van der Waals surface area contributed by atoms with Gasteiger partial charge in [-0.3, -0.25) is 9.69 Å². The lowest BCUT2D eigenvalue weighted by Gasteiger charge is -2.39. The molecule has 6 heteroatoms. The normalized spacial score (nSPS) is 22.9. The third-order valence-corrected chi connectivity index (χ3v) is 5.97. The number of likely N-dealkylation sites (tertiary alicyclic amines) is 2. The van der Waals surface area contributed by atoms with Crippen molar-refractivity contribution in [1.82, 2.24) is 9.80 Å². The van der Waals surface area contributed by atoms with Crippen molar-refractivity contribution in [2.75, 3.05) is 19.6 Å². The Balaban J connectivity index is 1.46. The molecule has 2 aromatic carbocycles. The number of nitrogens with zero attached hydrogens (tertiary/aromatic N) is 2. The standard InChI is InChI=1S/C22H24F2N2O2/c23-19-7-2-5-17(20(19)24)14-26-10-3-8-22(21(26)28)9-11-25(15-22)13-16-4-1-6-18(27)12-16/h1-2,4-7,12,27H,3,8-11,13-15H2. The van der Waals surface area contributed by atoms with Gasteiger partial charge < -0.3 is 10.0 Å². The molecule has 1 atom stereocenters. The first-order valence-corrected chi connectivity index (χ1v) is 9.69. The van der Waals surface area contributed by atoms with Crippen LogP contribution in [0.4, 0.5) is 8.78 Å². The second-order valence-electron chi connectivity index (χ2n) is 7.95. The zero-order chi connectivity index (χ0) is 19.7. The van der Waals surface area contributed by atoms with E-state index in [2.05, 4.69) is 4.90 Å². The molecule has 4 nitrogen and oxygen atoms in total. The zero-order valence-electron chi connectivity index (χ0n) is 15.7. The summed E-state index contributed by atoms with van der Waals surface area (Å²) in [5, 5.41) is 9.65. The van der Waals surface area contributed by atoms with Crippen molar-refractivity contribution < 1.29 is 18.7 Å². The number of phenolic OH excluding ortho intramolecular Hbond substituents is 1. The largest absolute Gasteiger partial charge is 0.508 e. The number of phenols is 1. The molecule has 2 aromatic rings. The number of aromatic hydroxyl groups is 1.